The number of hydrogen-bond donors (Lipinski definition) is 2. The normalized spacial score (nSPS) is 19.8. The van der Waals surface area contributed by atoms with Crippen molar-refractivity contribution in [3.63, 3.8) is 0 Å². The Balaban J connectivity index is 2.36. The van der Waals surface area contributed by atoms with Crippen LogP contribution in [0.3, 0.4) is 0 Å². The second-order valence-electron chi connectivity index (χ2n) is 5.67. The monoisotopic (exact) mass is 314 g/mol. The average Bonchev–Trinajstić information content (AvgIpc) is 2.49. The average molecular weight is 314 g/mol. The second kappa shape index (κ2) is 9.92. The zero-order valence-electron chi connectivity index (χ0n) is 13.8. The minimum atomic E-state index is 0.106. The standard InChI is InChI=1S/C15H30N4OS/c1-5-7-17-14(20)6-8-18-15(16-4)19-9-10-21-13(11-19)12(2)3/h12-13H,5-11H2,1-4H3,(H,16,18)(H,17,20). The molecule has 1 saturated heterocycles. The molecule has 1 fully saturated rings. The summed E-state index contributed by atoms with van der Waals surface area (Å²) in [5.74, 6) is 2.84. The SMILES string of the molecule is CCCNC(=O)CCNC(=NC)N1CCSC(C(C)C)C1. The quantitative estimate of drug-likeness (QED) is 0.577. The number of guanidine groups is 1. The molecule has 0 aromatic heterocycles. The number of nitrogens with one attached hydrogen (secondary N) is 2. The van der Waals surface area contributed by atoms with Crippen molar-refractivity contribution in [1.82, 2.24) is 15.5 Å². The first-order valence-electron chi connectivity index (χ1n) is 7.92. The highest BCUT2D eigenvalue weighted by Crippen LogP contribution is 2.24. The molecule has 21 heavy (non-hydrogen) atoms. The van der Waals surface area contributed by atoms with Crippen molar-refractivity contribution in [2.45, 2.75) is 38.9 Å². The van der Waals surface area contributed by atoms with Crippen molar-refractivity contribution >= 4 is 23.6 Å². The molecule has 0 aromatic rings. The van der Waals surface area contributed by atoms with Crippen molar-refractivity contribution < 1.29 is 4.79 Å². The van der Waals surface area contributed by atoms with E-state index in [0.29, 0.717) is 24.1 Å². The number of nitrogens with zero attached hydrogens (tertiary/aromatic N) is 2. The van der Waals surface area contributed by atoms with Gasteiger partial charge in [-0.1, -0.05) is 20.8 Å². The van der Waals surface area contributed by atoms with Gasteiger partial charge in [-0.3, -0.25) is 9.79 Å². The van der Waals surface area contributed by atoms with Gasteiger partial charge in [-0.15, -0.1) is 0 Å². The fourth-order valence-electron chi connectivity index (χ4n) is 2.24. The van der Waals surface area contributed by atoms with Crippen LogP contribution in [0, 0.1) is 5.92 Å². The third-order valence-electron chi connectivity index (χ3n) is 3.56. The first-order valence-corrected chi connectivity index (χ1v) is 8.97. The Bertz CT molecular complexity index is 347. The molecule has 122 valence electrons. The van der Waals surface area contributed by atoms with Gasteiger partial charge in [0.15, 0.2) is 5.96 Å². The predicted molar refractivity (Wildman–Crippen MR) is 91.9 cm³/mol. The molecule has 1 heterocycles. The Morgan fingerprint density at radius 1 is 1.38 bits per heavy atom. The van der Waals surface area contributed by atoms with Gasteiger partial charge in [-0.25, -0.2) is 0 Å². The highest BCUT2D eigenvalue weighted by molar-refractivity contribution is 8.00. The third kappa shape index (κ3) is 6.59. The maximum absolute atomic E-state index is 11.6. The lowest BCUT2D eigenvalue weighted by atomic mass is 10.1. The summed E-state index contributed by atoms with van der Waals surface area (Å²) in [7, 11) is 1.81. The van der Waals surface area contributed by atoms with Crippen molar-refractivity contribution in [1.29, 1.82) is 0 Å². The molecule has 2 N–H and O–H groups in total. The zero-order chi connectivity index (χ0) is 15.7. The van der Waals surface area contributed by atoms with Crippen molar-refractivity contribution in [3.8, 4) is 0 Å². The molecule has 1 aliphatic heterocycles. The van der Waals surface area contributed by atoms with Gasteiger partial charge < -0.3 is 15.5 Å². The summed E-state index contributed by atoms with van der Waals surface area (Å²) in [5, 5.41) is 6.86. The lowest BCUT2D eigenvalue weighted by molar-refractivity contribution is -0.120. The highest BCUT2D eigenvalue weighted by atomic mass is 32.2. The number of thioether (sulfide) groups is 1. The van der Waals surface area contributed by atoms with Crippen LogP contribution in [0.25, 0.3) is 0 Å². The molecular formula is C15H30N4OS. The van der Waals surface area contributed by atoms with Crippen molar-refractivity contribution in [3.05, 3.63) is 0 Å². The van der Waals surface area contributed by atoms with Crippen molar-refractivity contribution in [2.75, 3.05) is 39.0 Å². The van der Waals surface area contributed by atoms with E-state index < -0.39 is 0 Å². The van der Waals surface area contributed by atoms with Gasteiger partial charge in [0.1, 0.15) is 0 Å². The predicted octanol–water partition coefficient (Wildman–Crippen LogP) is 1.55. The molecule has 0 aliphatic carbocycles. The number of rotatable bonds is 6. The molecule has 0 saturated carbocycles. The van der Waals surface area contributed by atoms with Gasteiger partial charge in [0, 0.05) is 50.7 Å². The van der Waals surface area contributed by atoms with E-state index in [4.69, 9.17) is 0 Å². The summed E-state index contributed by atoms with van der Waals surface area (Å²) in [6.07, 6.45) is 1.47. The fourth-order valence-corrected chi connectivity index (χ4v) is 3.54. The van der Waals surface area contributed by atoms with E-state index >= 15 is 0 Å². The number of carbonyl (C=O) groups is 1. The summed E-state index contributed by atoms with van der Waals surface area (Å²) >= 11 is 2.05. The number of aliphatic imine (C=N–C) groups is 1. The maximum atomic E-state index is 11.6. The maximum Gasteiger partial charge on any atom is 0.221 e. The molecular weight excluding hydrogens is 284 g/mol. The molecule has 0 radical (unpaired) electrons. The summed E-state index contributed by atoms with van der Waals surface area (Å²) in [4.78, 5) is 18.2. The van der Waals surface area contributed by atoms with E-state index in [1.807, 2.05) is 7.05 Å². The van der Waals surface area contributed by atoms with E-state index in [-0.39, 0.29) is 5.91 Å². The van der Waals surface area contributed by atoms with Crippen LogP contribution in [0.4, 0.5) is 0 Å². The molecule has 6 heteroatoms. The van der Waals surface area contributed by atoms with Gasteiger partial charge >= 0.3 is 0 Å². The van der Waals surface area contributed by atoms with Gasteiger partial charge in [0.2, 0.25) is 5.91 Å². The Morgan fingerprint density at radius 3 is 2.76 bits per heavy atom. The molecule has 1 rings (SSSR count). The number of hydrogen-bond acceptors (Lipinski definition) is 3. The Morgan fingerprint density at radius 2 is 2.14 bits per heavy atom. The largest absolute Gasteiger partial charge is 0.356 e. The summed E-state index contributed by atoms with van der Waals surface area (Å²) < 4.78 is 0. The Kier molecular flexibility index (Phi) is 8.57. The minimum Gasteiger partial charge on any atom is -0.356 e. The fraction of sp³-hybridized carbons (Fsp3) is 0.867. The minimum absolute atomic E-state index is 0.106. The second-order valence-corrected chi connectivity index (χ2v) is 7.02. The van der Waals surface area contributed by atoms with Crippen LogP contribution in [-0.4, -0.2) is 61.0 Å². The van der Waals surface area contributed by atoms with E-state index in [9.17, 15) is 4.79 Å². The van der Waals surface area contributed by atoms with Crippen LogP contribution in [0.2, 0.25) is 0 Å². The molecule has 1 amide bonds. The molecule has 1 unspecified atom stereocenters. The van der Waals surface area contributed by atoms with Crippen LogP contribution in [0.15, 0.2) is 4.99 Å². The molecule has 0 bridgehead atoms. The van der Waals surface area contributed by atoms with Crippen LogP contribution in [0.1, 0.15) is 33.6 Å². The van der Waals surface area contributed by atoms with Crippen molar-refractivity contribution in [2.24, 2.45) is 10.9 Å². The van der Waals surface area contributed by atoms with Gasteiger partial charge in [0.05, 0.1) is 0 Å². The molecule has 5 nitrogen and oxygen atoms in total. The molecule has 0 aromatic carbocycles. The first kappa shape index (κ1) is 18.1. The lowest BCUT2D eigenvalue weighted by Crippen LogP contribution is -2.49. The Labute approximate surface area is 133 Å². The van der Waals surface area contributed by atoms with E-state index in [2.05, 4.69) is 53.1 Å². The summed E-state index contributed by atoms with van der Waals surface area (Å²) in [5.41, 5.74) is 0. The zero-order valence-corrected chi connectivity index (χ0v) is 14.6. The van der Waals surface area contributed by atoms with E-state index in [1.165, 1.54) is 0 Å². The molecule has 1 atom stereocenters. The molecule has 1 aliphatic rings. The topological polar surface area (TPSA) is 56.7 Å². The summed E-state index contributed by atoms with van der Waals surface area (Å²) in [6, 6.07) is 0. The number of amides is 1. The van der Waals surface area contributed by atoms with Gasteiger partial charge in [-0.2, -0.15) is 11.8 Å². The highest BCUT2D eigenvalue weighted by Gasteiger charge is 2.24. The van der Waals surface area contributed by atoms with E-state index in [1.54, 1.807) is 0 Å². The third-order valence-corrected chi connectivity index (χ3v) is 5.10. The summed E-state index contributed by atoms with van der Waals surface area (Å²) in [6.45, 7) is 10.1. The smallest absolute Gasteiger partial charge is 0.221 e. The number of carbonyl (C=O) groups excluding carboxylic acids is 1. The van der Waals surface area contributed by atoms with E-state index in [0.717, 1.165) is 37.8 Å². The Hall–Kier alpha value is -0.910. The molecule has 0 spiro atoms. The van der Waals surface area contributed by atoms with Gasteiger partial charge in [0.25, 0.3) is 0 Å². The van der Waals surface area contributed by atoms with Crippen LogP contribution in [-0.2, 0) is 4.79 Å². The van der Waals surface area contributed by atoms with Crippen LogP contribution < -0.4 is 10.6 Å². The van der Waals surface area contributed by atoms with Gasteiger partial charge in [-0.05, 0) is 12.3 Å². The van der Waals surface area contributed by atoms with Crippen LogP contribution >= 0.6 is 11.8 Å². The first-order chi connectivity index (χ1) is 10.1. The lowest BCUT2D eigenvalue weighted by Gasteiger charge is -2.36. The van der Waals surface area contributed by atoms with Crippen LogP contribution in [0.5, 0.6) is 0 Å².